The molecular weight excluding hydrogens is 516 g/mol. The highest BCUT2D eigenvalue weighted by atomic mass is 79.9. The standard InChI is InChI=1S/C16H22BrN3O.C9H12ClN.CH2O/c1-5-15(17)16(18-12(3)10-21)20-13(4)19-14-8-6-7-11(2)9-14;1-11-7-6-8-2-4-9(10)5-3-8;1-2/h5-9,12,18,21H,1,10H2,2-4H3,(H,19,20);2-5,11H,6-7H2,1H3;1H2/b16-15+;;. The average molecular weight is 552 g/mol. The van der Waals surface area contributed by atoms with Crippen LogP contribution in [0.5, 0.6) is 0 Å². The summed E-state index contributed by atoms with van der Waals surface area (Å²) < 4.78 is 0.744. The number of aliphatic imine (C=N–C) groups is 1. The number of aliphatic hydroxyl groups is 1. The maximum atomic E-state index is 9.15. The van der Waals surface area contributed by atoms with Gasteiger partial charge in [-0.1, -0.05) is 48.5 Å². The molecule has 0 saturated heterocycles. The summed E-state index contributed by atoms with van der Waals surface area (Å²) in [7, 11) is 1.95. The number of halogens is 2. The zero-order chi connectivity index (χ0) is 25.9. The van der Waals surface area contributed by atoms with Gasteiger partial charge in [-0.15, -0.1) is 0 Å². The maximum Gasteiger partial charge on any atom is 0.142 e. The highest BCUT2D eigenvalue weighted by Crippen LogP contribution is 2.15. The lowest BCUT2D eigenvalue weighted by Gasteiger charge is -2.15. The van der Waals surface area contributed by atoms with Gasteiger partial charge in [0.25, 0.3) is 0 Å². The SMILES string of the molecule is C=C/C(Br)=C(\N=C(/C)Nc1cccc(C)c1)NC(C)CO.C=O.CNCCc1ccc(Cl)cc1. The van der Waals surface area contributed by atoms with Crippen LogP contribution in [0.1, 0.15) is 25.0 Å². The third-order valence-electron chi connectivity index (χ3n) is 4.26. The van der Waals surface area contributed by atoms with Crippen molar-refractivity contribution in [2.24, 2.45) is 4.99 Å². The molecule has 2 aromatic rings. The molecular formula is C26H36BrClN4O2. The third kappa shape index (κ3) is 14.0. The number of likely N-dealkylation sites (N-methyl/N-ethyl adjacent to an activating group) is 1. The van der Waals surface area contributed by atoms with E-state index in [2.05, 4.69) is 61.7 Å². The Balaban J connectivity index is 0.000000701. The molecule has 4 N–H and O–H groups in total. The molecule has 34 heavy (non-hydrogen) atoms. The number of nitrogens with one attached hydrogen (secondary N) is 3. The van der Waals surface area contributed by atoms with Crippen molar-refractivity contribution in [1.82, 2.24) is 10.6 Å². The molecule has 8 heteroatoms. The summed E-state index contributed by atoms with van der Waals surface area (Å²) in [5.41, 5.74) is 3.49. The van der Waals surface area contributed by atoms with Gasteiger partial charge in [0.1, 0.15) is 18.4 Å². The Kier molecular flexibility index (Phi) is 17.6. The van der Waals surface area contributed by atoms with Crippen molar-refractivity contribution in [3.8, 4) is 0 Å². The molecule has 0 spiro atoms. The fraction of sp³-hybridized carbons (Fsp3) is 0.308. The average Bonchev–Trinajstić information content (AvgIpc) is 2.84. The van der Waals surface area contributed by atoms with Crippen LogP contribution in [0.15, 0.2) is 76.5 Å². The third-order valence-corrected chi connectivity index (χ3v) is 5.21. The minimum absolute atomic E-state index is 0.0286. The molecule has 0 heterocycles. The normalized spacial score (nSPS) is 12.1. The van der Waals surface area contributed by atoms with Gasteiger partial charge >= 0.3 is 0 Å². The van der Waals surface area contributed by atoms with E-state index in [0.29, 0.717) is 5.82 Å². The van der Waals surface area contributed by atoms with Gasteiger partial charge < -0.3 is 25.9 Å². The van der Waals surface area contributed by atoms with Gasteiger partial charge in [-0.3, -0.25) is 0 Å². The van der Waals surface area contributed by atoms with Crippen LogP contribution < -0.4 is 16.0 Å². The Hall–Kier alpha value is -2.45. The van der Waals surface area contributed by atoms with Crippen LogP contribution in [0.4, 0.5) is 5.69 Å². The zero-order valence-corrected chi connectivity index (χ0v) is 22.7. The van der Waals surface area contributed by atoms with Crippen LogP contribution >= 0.6 is 27.5 Å². The number of nitrogens with zero attached hydrogens (tertiary/aromatic N) is 1. The van der Waals surface area contributed by atoms with Gasteiger partial charge in [-0.25, -0.2) is 4.99 Å². The number of amidine groups is 1. The zero-order valence-electron chi connectivity index (χ0n) is 20.4. The number of anilines is 1. The number of hydrogen-bond acceptors (Lipinski definition) is 5. The Labute approximate surface area is 217 Å². The Bertz CT molecular complexity index is 917. The lowest BCUT2D eigenvalue weighted by atomic mass is 10.1. The van der Waals surface area contributed by atoms with E-state index in [1.807, 2.05) is 64.9 Å². The smallest absolute Gasteiger partial charge is 0.142 e. The van der Waals surface area contributed by atoms with Gasteiger partial charge in [0, 0.05) is 16.8 Å². The summed E-state index contributed by atoms with van der Waals surface area (Å²) in [6.45, 7) is 12.6. The van der Waals surface area contributed by atoms with Crippen LogP contribution in [0.2, 0.25) is 5.02 Å². The molecule has 1 atom stereocenters. The van der Waals surface area contributed by atoms with Crippen molar-refractivity contribution in [2.45, 2.75) is 33.2 Å². The van der Waals surface area contributed by atoms with E-state index in [4.69, 9.17) is 21.5 Å². The van der Waals surface area contributed by atoms with Crippen LogP contribution in [-0.4, -0.2) is 44.0 Å². The molecule has 0 aliphatic rings. The molecule has 6 nitrogen and oxygen atoms in total. The number of aliphatic hydroxyl groups excluding tert-OH is 1. The first-order valence-corrected chi connectivity index (χ1v) is 11.9. The molecule has 0 bridgehead atoms. The first kappa shape index (κ1) is 31.6. The van der Waals surface area contributed by atoms with E-state index in [1.54, 1.807) is 6.08 Å². The highest BCUT2D eigenvalue weighted by molar-refractivity contribution is 9.11. The number of benzene rings is 2. The van der Waals surface area contributed by atoms with Crippen molar-refractivity contribution in [2.75, 3.05) is 25.5 Å². The molecule has 186 valence electrons. The monoisotopic (exact) mass is 550 g/mol. The fourth-order valence-corrected chi connectivity index (χ4v) is 2.91. The van der Waals surface area contributed by atoms with Crippen molar-refractivity contribution in [1.29, 1.82) is 0 Å². The quantitative estimate of drug-likeness (QED) is 0.189. The molecule has 0 aliphatic carbocycles. The molecule has 2 rings (SSSR count). The number of hydrogen-bond donors (Lipinski definition) is 4. The summed E-state index contributed by atoms with van der Waals surface area (Å²) in [5, 5.41) is 19.4. The summed E-state index contributed by atoms with van der Waals surface area (Å²) in [4.78, 5) is 12.5. The molecule has 0 saturated carbocycles. The van der Waals surface area contributed by atoms with Crippen molar-refractivity contribution >= 4 is 45.8 Å². The Morgan fingerprint density at radius 2 is 1.88 bits per heavy atom. The van der Waals surface area contributed by atoms with E-state index < -0.39 is 0 Å². The van der Waals surface area contributed by atoms with Crippen LogP contribution in [0.25, 0.3) is 0 Å². The number of carbonyl (C=O) groups excluding carboxylic acids is 1. The number of allylic oxidation sites excluding steroid dienone is 2. The second-order valence-electron chi connectivity index (χ2n) is 7.30. The Morgan fingerprint density at radius 3 is 2.41 bits per heavy atom. The minimum atomic E-state index is -0.0944. The molecule has 0 radical (unpaired) electrons. The van der Waals surface area contributed by atoms with E-state index in [1.165, 1.54) is 11.1 Å². The fourth-order valence-electron chi connectivity index (χ4n) is 2.58. The first-order chi connectivity index (χ1) is 16.3. The van der Waals surface area contributed by atoms with Crippen LogP contribution in [-0.2, 0) is 11.2 Å². The van der Waals surface area contributed by atoms with Gasteiger partial charge in [0.15, 0.2) is 0 Å². The molecule has 0 amide bonds. The highest BCUT2D eigenvalue weighted by Gasteiger charge is 2.06. The summed E-state index contributed by atoms with van der Waals surface area (Å²) in [5.74, 6) is 1.37. The molecule has 2 aromatic carbocycles. The number of carbonyl (C=O) groups is 1. The van der Waals surface area contributed by atoms with Gasteiger partial charge in [0.2, 0.25) is 0 Å². The minimum Gasteiger partial charge on any atom is -0.394 e. The van der Waals surface area contributed by atoms with Crippen molar-refractivity contribution in [3.63, 3.8) is 0 Å². The van der Waals surface area contributed by atoms with E-state index in [0.717, 1.165) is 34.0 Å². The second-order valence-corrected chi connectivity index (χ2v) is 8.59. The van der Waals surface area contributed by atoms with E-state index in [9.17, 15) is 0 Å². The summed E-state index contributed by atoms with van der Waals surface area (Å²) in [6, 6.07) is 15.9. The maximum absolute atomic E-state index is 9.15. The number of aryl methyl sites for hydroxylation is 1. The van der Waals surface area contributed by atoms with E-state index >= 15 is 0 Å². The van der Waals surface area contributed by atoms with Gasteiger partial charge in [0.05, 0.1) is 11.1 Å². The summed E-state index contributed by atoms with van der Waals surface area (Å²) >= 11 is 9.14. The van der Waals surface area contributed by atoms with Crippen molar-refractivity contribution in [3.05, 3.63) is 87.6 Å². The summed E-state index contributed by atoms with van der Waals surface area (Å²) in [6.07, 6.45) is 2.73. The van der Waals surface area contributed by atoms with Crippen LogP contribution in [0.3, 0.4) is 0 Å². The van der Waals surface area contributed by atoms with Crippen LogP contribution in [0, 0.1) is 6.92 Å². The van der Waals surface area contributed by atoms with Gasteiger partial charge in [-0.05, 0) is 92.1 Å². The Morgan fingerprint density at radius 1 is 1.24 bits per heavy atom. The second kappa shape index (κ2) is 18.9. The van der Waals surface area contributed by atoms with Gasteiger partial charge in [-0.2, -0.15) is 0 Å². The largest absolute Gasteiger partial charge is 0.394 e. The molecule has 1 unspecified atom stereocenters. The predicted octanol–water partition coefficient (Wildman–Crippen LogP) is 5.46. The molecule has 0 aliphatic heterocycles. The predicted molar refractivity (Wildman–Crippen MR) is 150 cm³/mol. The lowest BCUT2D eigenvalue weighted by Crippen LogP contribution is -2.29. The molecule has 0 fully saturated rings. The first-order valence-electron chi connectivity index (χ1n) is 10.8. The topological polar surface area (TPSA) is 85.8 Å². The number of rotatable bonds is 9. The molecule has 0 aromatic heterocycles. The van der Waals surface area contributed by atoms with E-state index in [-0.39, 0.29) is 12.6 Å². The lowest BCUT2D eigenvalue weighted by molar-refractivity contribution is -0.0979. The van der Waals surface area contributed by atoms with Crippen molar-refractivity contribution < 1.29 is 9.90 Å².